The third-order valence-corrected chi connectivity index (χ3v) is 2.21. The Bertz CT molecular complexity index is 302. The summed E-state index contributed by atoms with van der Waals surface area (Å²) in [5.74, 6) is 1.24. The van der Waals surface area contributed by atoms with Crippen molar-refractivity contribution >= 4 is 21.6 Å². The molecule has 13 heavy (non-hydrogen) atoms. The van der Waals surface area contributed by atoms with Crippen molar-refractivity contribution in [2.75, 3.05) is 19.5 Å². The van der Waals surface area contributed by atoms with Gasteiger partial charge < -0.3 is 15.2 Å². The largest absolute Gasteiger partial charge is 0.491 e. The topological polar surface area (TPSA) is 44.5 Å². The molecule has 0 aliphatic heterocycles. The van der Waals surface area contributed by atoms with Gasteiger partial charge in [-0.1, -0.05) is 0 Å². The van der Waals surface area contributed by atoms with Crippen molar-refractivity contribution in [1.82, 2.24) is 0 Å². The number of halogens is 1. The van der Waals surface area contributed by atoms with Gasteiger partial charge in [0.15, 0.2) is 11.5 Å². The smallest absolute Gasteiger partial charge is 0.184 e. The van der Waals surface area contributed by atoms with E-state index in [9.17, 15) is 0 Å². The van der Waals surface area contributed by atoms with Gasteiger partial charge in [-0.15, -0.1) is 0 Å². The Morgan fingerprint density at radius 1 is 1.38 bits per heavy atom. The van der Waals surface area contributed by atoms with Crippen molar-refractivity contribution in [2.45, 2.75) is 6.92 Å². The first-order valence-electron chi connectivity index (χ1n) is 3.95. The van der Waals surface area contributed by atoms with E-state index in [0.29, 0.717) is 23.8 Å². The van der Waals surface area contributed by atoms with Crippen LogP contribution in [-0.4, -0.2) is 13.7 Å². The third-order valence-electron chi connectivity index (χ3n) is 1.59. The lowest BCUT2D eigenvalue weighted by Gasteiger charge is -2.12. The van der Waals surface area contributed by atoms with Gasteiger partial charge in [0.2, 0.25) is 0 Å². The zero-order chi connectivity index (χ0) is 9.84. The van der Waals surface area contributed by atoms with Gasteiger partial charge in [0.1, 0.15) is 0 Å². The molecular formula is C9H12BrNO2. The molecule has 0 saturated carbocycles. The number of hydrogen-bond acceptors (Lipinski definition) is 3. The average molecular weight is 246 g/mol. The van der Waals surface area contributed by atoms with E-state index in [4.69, 9.17) is 15.2 Å². The van der Waals surface area contributed by atoms with Crippen LogP contribution in [0.4, 0.5) is 5.69 Å². The summed E-state index contributed by atoms with van der Waals surface area (Å²) in [4.78, 5) is 0. The molecule has 0 aliphatic rings. The second kappa shape index (κ2) is 4.37. The Morgan fingerprint density at radius 2 is 2.08 bits per heavy atom. The van der Waals surface area contributed by atoms with E-state index in [0.717, 1.165) is 4.47 Å². The van der Waals surface area contributed by atoms with Crippen LogP contribution in [0.1, 0.15) is 6.92 Å². The van der Waals surface area contributed by atoms with Gasteiger partial charge in [-0.2, -0.15) is 0 Å². The molecule has 4 heteroatoms. The van der Waals surface area contributed by atoms with Crippen LogP contribution in [0.3, 0.4) is 0 Å². The van der Waals surface area contributed by atoms with Gasteiger partial charge in [-0.05, 0) is 35.0 Å². The lowest BCUT2D eigenvalue weighted by Crippen LogP contribution is -1.99. The number of benzene rings is 1. The molecule has 3 nitrogen and oxygen atoms in total. The number of anilines is 1. The maximum Gasteiger partial charge on any atom is 0.184 e. The molecule has 0 unspecified atom stereocenters. The number of nitrogens with two attached hydrogens (primary N) is 1. The quantitative estimate of drug-likeness (QED) is 0.833. The Kier molecular flexibility index (Phi) is 3.42. The van der Waals surface area contributed by atoms with E-state index < -0.39 is 0 Å². The summed E-state index contributed by atoms with van der Waals surface area (Å²) in [6, 6.07) is 3.61. The van der Waals surface area contributed by atoms with Crippen LogP contribution in [-0.2, 0) is 0 Å². The fraction of sp³-hybridized carbons (Fsp3) is 0.333. The first-order chi connectivity index (χ1) is 6.20. The van der Waals surface area contributed by atoms with Gasteiger partial charge in [0.25, 0.3) is 0 Å². The molecular weight excluding hydrogens is 234 g/mol. The Morgan fingerprint density at radius 3 is 2.62 bits per heavy atom. The van der Waals surface area contributed by atoms with Gasteiger partial charge in [0, 0.05) is 0 Å². The molecule has 1 aromatic carbocycles. The normalized spacial score (nSPS) is 9.77. The standard InChI is InChI=1S/C9H12BrNO2/c1-3-13-8-6(10)4-5-7(11)9(8)12-2/h4-5H,3,11H2,1-2H3. The van der Waals surface area contributed by atoms with Crippen LogP contribution in [0.2, 0.25) is 0 Å². The van der Waals surface area contributed by atoms with Gasteiger partial charge in [-0.25, -0.2) is 0 Å². The van der Waals surface area contributed by atoms with Crippen molar-refractivity contribution in [3.63, 3.8) is 0 Å². The average Bonchev–Trinajstić information content (AvgIpc) is 2.12. The number of rotatable bonds is 3. The minimum atomic E-state index is 0.578. The van der Waals surface area contributed by atoms with E-state index in [1.807, 2.05) is 13.0 Å². The molecule has 0 heterocycles. The molecule has 0 bridgehead atoms. The van der Waals surface area contributed by atoms with E-state index in [1.54, 1.807) is 13.2 Å². The van der Waals surface area contributed by atoms with Crippen molar-refractivity contribution < 1.29 is 9.47 Å². The molecule has 0 fully saturated rings. The molecule has 72 valence electrons. The molecule has 0 spiro atoms. The Labute approximate surface area is 86.0 Å². The van der Waals surface area contributed by atoms with Crippen molar-refractivity contribution in [3.05, 3.63) is 16.6 Å². The van der Waals surface area contributed by atoms with Crippen LogP contribution in [0.25, 0.3) is 0 Å². The van der Waals surface area contributed by atoms with Crippen molar-refractivity contribution in [2.24, 2.45) is 0 Å². The zero-order valence-corrected chi connectivity index (χ0v) is 9.22. The summed E-state index contributed by atoms with van der Waals surface area (Å²) in [7, 11) is 1.57. The molecule has 0 atom stereocenters. The zero-order valence-electron chi connectivity index (χ0n) is 7.63. The highest BCUT2D eigenvalue weighted by Gasteiger charge is 2.11. The van der Waals surface area contributed by atoms with Gasteiger partial charge in [-0.3, -0.25) is 0 Å². The molecule has 0 aliphatic carbocycles. The molecule has 0 radical (unpaired) electrons. The molecule has 0 aromatic heterocycles. The highest BCUT2D eigenvalue weighted by molar-refractivity contribution is 9.10. The number of hydrogen-bond donors (Lipinski definition) is 1. The SMILES string of the molecule is CCOc1c(Br)ccc(N)c1OC. The summed E-state index contributed by atoms with van der Waals surface area (Å²) in [5.41, 5.74) is 6.28. The van der Waals surface area contributed by atoms with Crippen molar-refractivity contribution in [3.8, 4) is 11.5 Å². The minimum Gasteiger partial charge on any atom is -0.491 e. The predicted octanol–water partition coefficient (Wildman–Crippen LogP) is 2.44. The summed E-state index contributed by atoms with van der Waals surface area (Å²) in [6.45, 7) is 2.49. The fourth-order valence-corrected chi connectivity index (χ4v) is 1.47. The van der Waals surface area contributed by atoms with Crippen LogP contribution in [0.15, 0.2) is 16.6 Å². The Hall–Kier alpha value is -0.900. The van der Waals surface area contributed by atoms with E-state index in [-0.39, 0.29) is 0 Å². The van der Waals surface area contributed by atoms with Crippen LogP contribution < -0.4 is 15.2 Å². The van der Waals surface area contributed by atoms with Crippen LogP contribution in [0, 0.1) is 0 Å². The predicted molar refractivity (Wildman–Crippen MR) is 56.3 cm³/mol. The summed E-state index contributed by atoms with van der Waals surface area (Å²) < 4.78 is 11.4. The minimum absolute atomic E-state index is 0.578. The maximum absolute atomic E-state index is 5.71. The maximum atomic E-state index is 5.71. The number of ether oxygens (including phenoxy) is 2. The second-order valence-electron chi connectivity index (χ2n) is 2.43. The van der Waals surface area contributed by atoms with E-state index in [2.05, 4.69) is 15.9 Å². The lowest BCUT2D eigenvalue weighted by atomic mass is 10.3. The molecule has 1 rings (SSSR count). The number of methoxy groups -OCH3 is 1. The summed E-state index contributed by atoms with van der Waals surface area (Å²) in [5, 5.41) is 0. The highest BCUT2D eigenvalue weighted by Crippen LogP contribution is 2.39. The van der Waals surface area contributed by atoms with E-state index in [1.165, 1.54) is 0 Å². The summed E-state index contributed by atoms with van der Waals surface area (Å²) >= 11 is 3.36. The molecule has 0 saturated heterocycles. The Balaban J connectivity index is 3.18. The third kappa shape index (κ3) is 2.06. The van der Waals surface area contributed by atoms with E-state index >= 15 is 0 Å². The monoisotopic (exact) mass is 245 g/mol. The van der Waals surface area contributed by atoms with Gasteiger partial charge >= 0.3 is 0 Å². The molecule has 0 amide bonds. The first kappa shape index (κ1) is 10.2. The van der Waals surface area contributed by atoms with Crippen LogP contribution in [0.5, 0.6) is 11.5 Å². The van der Waals surface area contributed by atoms with Crippen LogP contribution >= 0.6 is 15.9 Å². The second-order valence-corrected chi connectivity index (χ2v) is 3.29. The fourth-order valence-electron chi connectivity index (χ4n) is 1.04. The molecule has 2 N–H and O–H groups in total. The highest BCUT2D eigenvalue weighted by atomic mass is 79.9. The molecule has 1 aromatic rings. The number of nitrogen functional groups attached to an aromatic ring is 1. The lowest BCUT2D eigenvalue weighted by molar-refractivity contribution is 0.310. The van der Waals surface area contributed by atoms with Gasteiger partial charge in [0.05, 0.1) is 23.9 Å². The summed E-state index contributed by atoms with van der Waals surface area (Å²) in [6.07, 6.45) is 0. The first-order valence-corrected chi connectivity index (χ1v) is 4.74. The van der Waals surface area contributed by atoms with Crippen molar-refractivity contribution in [1.29, 1.82) is 0 Å².